The van der Waals surface area contributed by atoms with Gasteiger partial charge in [-0.25, -0.2) is 0 Å². The van der Waals surface area contributed by atoms with Crippen LogP contribution in [0.3, 0.4) is 0 Å². The summed E-state index contributed by atoms with van der Waals surface area (Å²) in [5.41, 5.74) is 0. The first-order chi connectivity index (χ1) is 3.25. The lowest BCUT2D eigenvalue weighted by molar-refractivity contribution is 0.514. The van der Waals surface area contributed by atoms with E-state index in [0.717, 1.165) is 0 Å². The number of hydrogen-bond acceptors (Lipinski definition) is 2. The van der Waals surface area contributed by atoms with Gasteiger partial charge in [-0.05, 0) is 20.8 Å². The largest absolute Gasteiger partial charge is 0.307 e. The van der Waals surface area contributed by atoms with Crippen LogP contribution >= 0.6 is 0 Å². The van der Waals surface area contributed by atoms with Crippen molar-refractivity contribution in [3.8, 4) is 0 Å². The highest BCUT2D eigenvalue weighted by Crippen LogP contribution is 2.15. The van der Waals surface area contributed by atoms with Crippen LogP contribution in [0.5, 0.6) is 0 Å². The molecule has 0 aromatic rings. The Balaban J connectivity index is 4.53. The van der Waals surface area contributed by atoms with Crippen LogP contribution in [-0.4, -0.2) is 13.2 Å². The Labute approximate surface area is 48.9 Å². The molecular weight excluding hydrogens is 131 g/mol. The smallest absolute Gasteiger partial charge is 0.194 e. The van der Waals surface area contributed by atoms with Gasteiger partial charge in [-0.2, -0.15) is 8.42 Å². The SMILES string of the molecule is CC(C)(C)S(=O)(=O)F. The molecule has 50 valence electrons. The molecule has 0 N–H and O–H groups in total. The zero-order valence-electron chi connectivity index (χ0n) is 5.10. The summed E-state index contributed by atoms with van der Waals surface area (Å²) in [4.78, 5) is 0. The quantitative estimate of drug-likeness (QED) is 0.472. The average molecular weight is 140 g/mol. The first kappa shape index (κ1) is 7.88. The zero-order valence-corrected chi connectivity index (χ0v) is 5.92. The van der Waals surface area contributed by atoms with E-state index in [1.54, 1.807) is 0 Å². The van der Waals surface area contributed by atoms with Crippen molar-refractivity contribution in [2.75, 3.05) is 0 Å². The average Bonchev–Trinajstić information content (AvgIpc) is 1.25. The molecule has 2 nitrogen and oxygen atoms in total. The molecule has 0 rings (SSSR count). The van der Waals surface area contributed by atoms with Gasteiger partial charge in [-0.1, -0.05) is 0 Å². The van der Waals surface area contributed by atoms with Crippen LogP contribution in [0.15, 0.2) is 0 Å². The Kier molecular flexibility index (Phi) is 1.66. The van der Waals surface area contributed by atoms with E-state index in [4.69, 9.17) is 0 Å². The Morgan fingerprint density at radius 3 is 1.38 bits per heavy atom. The maximum atomic E-state index is 11.9. The van der Waals surface area contributed by atoms with E-state index < -0.39 is 15.0 Å². The van der Waals surface area contributed by atoms with Gasteiger partial charge in [0.1, 0.15) is 0 Å². The van der Waals surface area contributed by atoms with Gasteiger partial charge in [-0.15, -0.1) is 3.89 Å². The molecule has 0 atom stereocenters. The Hall–Kier alpha value is -0.120. The van der Waals surface area contributed by atoms with Crippen LogP contribution in [0, 0.1) is 0 Å². The molecule has 0 aliphatic rings. The molecule has 0 aliphatic heterocycles. The molecule has 0 aromatic carbocycles. The standard InChI is InChI=1S/C4H9FO2S/c1-4(2,3)8(5,6)7/h1-3H3. The summed E-state index contributed by atoms with van der Waals surface area (Å²) in [6.45, 7) is 3.92. The molecule has 8 heavy (non-hydrogen) atoms. The van der Waals surface area contributed by atoms with Crippen molar-refractivity contribution in [2.24, 2.45) is 0 Å². The summed E-state index contributed by atoms with van der Waals surface area (Å²) in [6.07, 6.45) is 0. The second-order valence-electron chi connectivity index (χ2n) is 2.55. The third kappa shape index (κ3) is 1.78. The summed E-state index contributed by atoms with van der Waals surface area (Å²) in [6, 6.07) is 0. The molecular formula is C4H9FO2S. The molecule has 0 spiro atoms. The predicted molar refractivity (Wildman–Crippen MR) is 29.8 cm³/mol. The van der Waals surface area contributed by atoms with Crippen molar-refractivity contribution in [3.63, 3.8) is 0 Å². The van der Waals surface area contributed by atoms with Gasteiger partial charge in [0.15, 0.2) is 0 Å². The molecule has 4 heteroatoms. The minimum atomic E-state index is -4.34. The first-order valence-electron chi connectivity index (χ1n) is 2.19. The lowest BCUT2D eigenvalue weighted by Crippen LogP contribution is -2.23. The van der Waals surface area contributed by atoms with Crippen molar-refractivity contribution >= 4 is 10.2 Å². The molecule has 0 unspecified atom stereocenters. The van der Waals surface area contributed by atoms with Gasteiger partial charge in [-0.3, -0.25) is 0 Å². The maximum absolute atomic E-state index is 11.9. The maximum Gasteiger partial charge on any atom is 0.307 e. The van der Waals surface area contributed by atoms with Crippen LogP contribution in [0.1, 0.15) is 20.8 Å². The van der Waals surface area contributed by atoms with Crippen LogP contribution in [0.2, 0.25) is 0 Å². The Bertz CT molecular complexity index is 163. The van der Waals surface area contributed by atoms with E-state index in [9.17, 15) is 12.3 Å². The summed E-state index contributed by atoms with van der Waals surface area (Å²) in [5.74, 6) is 0. The van der Waals surface area contributed by atoms with Gasteiger partial charge in [0, 0.05) is 0 Å². The molecule has 0 saturated carbocycles. The third-order valence-electron chi connectivity index (χ3n) is 0.731. The third-order valence-corrected chi connectivity index (χ3v) is 2.19. The second-order valence-corrected chi connectivity index (χ2v) is 4.65. The minimum absolute atomic E-state index is 1.26. The molecule has 0 amide bonds. The van der Waals surface area contributed by atoms with E-state index in [2.05, 4.69) is 0 Å². The van der Waals surface area contributed by atoms with Gasteiger partial charge >= 0.3 is 10.2 Å². The lowest BCUT2D eigenvalue weighted by Gasteiger charge is -2.09. The van der Waals surface area contributed by atoms with E-state index in [1.165, 1.54) is 20.8 Å². The highest BCUT2D eigenvalue weighted by molar-refractivity contribution is 7.87. The second kappa shape index (κ2) is 1.69. The summed E-state index contributed by atoms with van der Waals surface area (Å²) >= 11 is 0. The van der Waals surface area contributed by atoms with Crippen molar-refractivity contribution in [2.45, 2.75) is 25.5 Å². The Morgan fingerprint density at radius 1 is 1.25 bits per heavy atom. The molecule has 0 bridgehead atoms. The van der Waals surface area contributed by atoms with Crippen molar-refractivity contribution in [1.82, 2.24) is 0 Å². The highest BCUT2D eigenvalue weighted by atomic mass is 32.3. The number of halogens is 1. The molecule has 0 aliphatic carbocycles. The van der Waals surface area contributed by atoms with Crippen molar-refractivity contribution in [1.29, 1.82) is 0 Å². The highest BCUT2D eigenvalue weighted by Gasteiger charge is 2.27. The monoisotopic (exact) mass is 140 g/mol. The number of rotatable bonds is 0. The first-order valence-corrected chi connectivity index (χ1v) is 3.58. The van der Waals surface area contributed by atoms with Crippen LogP contribution < -0.4 is 0 Å². The summed E-state index contributed by atoms with van der Waals surface area (Å²) < 4.78 is 30.6. The Morgan fingerprint density at radius 2 is 1.38 bits per heavy atom. The molecule has 0 saturated heterocycles. The predicted octanol–water partition coefficient (Wildman–Crippen LogP) is 1.08. The van der Waals surface area contributed by atoms with Crippen LogP contribution in [0.25, 0.3) is 0 Å². The zero-order chi connectivity index (χ0) is 7.00. The van der Waals surface area contributed by atoms with E-state index in [-0.39, 0.29) is 0 Å². The normalized spacial score (nSPS) is 14.0. The van der Waals surface area contributed by atoms with Crippen LogP contribution in [0.4, 0.5) is 3.89 Å². The topological polar surface area (TPSA) is 34.1 Å². The van der Waals surface area contributed by atoms with Crippen molar-refractivity contribution in [3.05, 3.63) is 0 Å². The van der Waals surface area contributed by atoms with E-state index in [1.807, 2.05) is 0 Å². The van der Waals surface area contributed by atoms with Gasteiger partial charge in [0.25, 0.3) is 0 Å². The molecule has 0 aromatic heterocycles. The van der Waals surface area contributed by atoms with Gasteiger partial charge in [0.05, 0.1) is 4.75 Å². The molecule has 0 fully saturated rings. The minimum Gasteiger partial charge on any atom is -0.194 e. The molecule has 0 heterocycles. The summed E-state index contributed by atoms with van der Waals surface area (Å²) in [7, 11) is -4.34. The van der Waals surface area contributed by atoms with E-state index >= 15 is 0 Å². The lowest BCUT2D eigenvalue weighted by atomic mass is 10.3. The molecule has 0 radical (unpaired) electrons. The van der Waals surface area contributed by atoms with Gasteiger partial charge in [0.2, 0.25) is 0 Å². The number of hydrogen-bond donors (Lipinski definition) is 0. The fourth-order valence-corrected chi connectivity index (χ4v) is 0. The van der Waals surface area contributed by atoms with Crippen LogP contribution in [-0.2, 0) is 10.2 Å². The fourth-order valence-electron chi connectivity index (χ4n) is 0. The van der Waals surface area contributed by atoms with Crippen molar-refractivity contribution < 1.29 is 12.3 Å². The van der Waals surface area contributed by atoms with E-state index in [0.29, 0.717) is 0 Å². The summed E-state index contributed by atoms with van der Waals surface area (Å²) in [5, 5.41) is 0. The van der Waals surface area contributed by atoms with Gasteiger partial charge < -0.3 is 0 Å². The fraction of sp³-hybridized carbons (Fsp3) is 1.00.